The van der Waals surface area contributed by atoms with Crippen LogP contribution in [0.3, 0.4) is 0 Å². The Kier molecular flexibility index (Phi) is 8.04. The summed E-state index contributed by atoms with van der Waals surface area (Å²) in [6.07, 6.45) is 2.71. The van der Waals surface area contributed by atoms with E-state index in [1.165, 1.54) is 32.5 Å². The Labute approximate surface area is 130 Å². The number of nitrogens with zero attached hydrogens (tertiary/aromatic N) is 2. The first kappa shape index (κ1) is 18.2. The first-order valence-electron chi connectivity index (χ1n) is 8.26. The van der Waals surface area contributed by atoms with Crippen LogP contribution >= 0.6 is 0 Å². The van der Waals surface area contributed by atoms with E-state index in [1.54, 1.807) is 7.11 Å². The van der Waals surface area contributed by atoms with Gasteiger partial charge in [0.2, 0.25) is 0 Å². The molecule has 1 heterocycles. The molecule has 0 bridgehead atoms. The average molecular weight is 298 g/mol. The van der Waals surface area contributed by atoms with Gasteiger partial charge in [0.05, 0.1) is 12.1 Å². The van der Waals surface area contributed by atoms with E-state index in [1.807, 2.05) is 0 Å². The number of aliphatic imine (C=N–C) groups is 1. The largest absolute Gasteiger partial charge is 0.377 e. The van der Waals surface area contributed by atoms with E-state index in [0.717, 1.165) is 19.0 Å². The van der Waals surface area contributed by atoms with Crippen molar-refractivity contribution in [1.29, 1.82) is 0 Å². The SMILES string of the molecule is CCNC(=NCC(C)(C)OC)NCC(C)CN1CCCC1. The van der Waals surface area contributed by atoms with Crippen molar-refractivity contribution in [2.24, 2.45) is 10.9 Å². The minimum Gasteiger partial charge on any atom is -0.377 e. The molecule has 1 aliphatic heterocycles. The fourth-order valence-electron chi connectivity index (χ4n) is 2.42. The molecule has 0 aliphatic carbocycles. The standard InChI is InChI=1S/C16H34N4O/c1-6-17-15(19-13-16(3,4)21-5)18-11-14(2)12-20-9-7-8-10-20/h14H,6-13H2,1-5H3,(H2,17,18,19). The Balaban J connectivity index is 2.36. The van der Waals surface area contributed by atoms with Gasteiger partial charge in [-0.1, -0.05) is 6.92 Å². The maximum absolute atomic E-state index is 5.41. The third-order valence-corrected chi connectivity index (χ3v) is 3.90. The quantitative estimate of drug-likeness (QED) is 0.529. The van der Waals surface area contributed by atoms with Gasteiger partial charge in [-0.2, -0.15) is 0 Å². The van der Waals surface area contributed by atoms with E-state index in [9.17, 15) is 0 Å². The Hall–Kier alpha value is -0.810. The van der Waals surface area contributed by atoms with Crippen molar-refractivity contribution in [3.8, 4) is 0 Å². The maximum Gasteiger partial charge on any atom is 0.191 e. The Morgan fingerprint density at radius 2 is 1.95 bits per heavy atom. The van der Waals surface area contributed by atoms with Gasteiger partial charge in [0.15, 0.2) is 5.96 Å². The molecule has 21 heavy (non-hydrogen) atoms. The lowest BCUT2D eigenvalue weighted by Gasteiger charge is -2.23. The number of nitrogens with one attached hydrogen (secondary N) is 2. The van der Waals surface area contributed by atoms with Gasteiger partial charge in [0.1, 0.15) is 0 Å². The van der Waals surface area contributed by atoms with Crippen LogP contribution in [0.2, 0.25) is 0 Å². The predicted molar refractivity (Wildman–Crippen MR) is 89.9 cm³/mol. The highest BCUT2D eigenvalue weighted by Gasteiger charge is 2.17. The molecule has 0 aromatic heterocycles. The van der Waals surface area contributed by atoms with E-state index in [0.29, 0.717) is 12.5 Å². The summed E-state index contributed by atoms with van der Waals surface area (Å²) in [5.41, 5.74) is -0.219. The van der Waals surface area contributed by atoms with Crippen molar-refractivity contribution in [2.45, 2.75) is 46.1 Å². The summed E-state index contributed by atoms with van der Waals surface area (Å²) in [4.78, 5) is 7.18. The monoisotopic (exact) mass is 298 g/mol. The van der Waals surface area contributed by atoms with Gasteiger partial charge < -0.3 is 20.3 Å². The zero-order chi connectivity index (χ0) is 15.7. The molecule has 2 N–H and O–H groups in total. The van der Waals surface area contributed by atoms with Crippen molar-refractivity contribution in [3.05, 3.63) is 0 Å². The van der Waals surface area contributed by atoms with Crippen LogP contribution in [0.4, 0.5) is 0 Å². The van der Waals surface area contributed by atoms with Crippen LogP contribution in [0.15, 0.2) is 4.99 Å². The average Bonchev–Trinajstić information content (AvgIpc) is 2.95. The van der Waals surface area contributed by atoms with Gasteiger partial charge >= 0.3 is 0 Å². The third-order valence-electron chi connectivity index (χ3n) is 3.90. The van der Waals surface area contributed by atoms with Crippen LogP contribution in [0.25, 0.3) is 0 Å². The molecule has 124 valence electrons. The van der Waals surface area contributed by atoms with Gasteiger partial charge in [-0.3, -0.25) is 4.99 Å². The Bertz CT molecular complexity index is 311. The van der Waals surface area contributed by atoms with Crippen molar-refractivity contribution in [3.63, 3.8) is 0 Å². The first-order valence-corrected chi connectivity index (χ1v) is 8.26. The molecule has 1 unspecified atom stereocenters. The number of rotatable bonds is 8. The minimum atomic E-state index is -0.219. The smallest absolute Gasteiger partial charge is 0.191 e. The van der Waals surface area contributed by atoms with Crippen LogP contribution in [0, 0.1) is 5.92 Å². The molecule has 1 aliphatic rings. The molecule has 5 heteroatoms. The molecule has 0 aromatic rings. The summed E-state index contributed by atoms with van der Waals surface area (Å²) in [6, 6.07) is 0. The fourth-order valence-corrected chi connectivity index (χ4v) is 2.42. The Morgan fingerprint density at radius 3 is 2.52 bits per heavy atom. The highest BCUT2D eigenvalue weighted by atomic mass is 16.5. The minimum absolute atomic E-state index is 0.219. The highest BCUT2D eigenvalue weighted by molar-refractivity contribution is 5.79. The van der Waals surface area contributed by atoms with Gasteiger partial charge in [-0.05, 0) is 52.6 Å². The predicted octanol–water partition coefficient (Wildman–Crippen LogP) is 1.70. The maximum atomic E-state index is 5.41. The van der Waals surface area contributed by atoms with E-state index in [4.69, 9.17) is 4.74 Å². The number of likely N-dealkylation sites (tertiary alicyclic amines) is 1. The molecule has 0 amide bonds. The molecule has 0 saturated carbocycles. The second-order valence-electron chi connectivity index (χ2n) is 6.65. The summed E-state index contributed by atoms with van der Waals surface area (Å²) >= 11 is 0. The zero-order valence-corrected chi connectivity index (χ0v) is 14.5. The second kappa shape index (κ2) is 9.26. The summed E-state index contributed by atoms with van der Waals surface area (Å²) in [5.74, 6) is 1.51. The molecule has 5 nitrogen and oxygen atoms in total. The summed E-state index contributed by atoms with van der Waals surface area (Å²) in [6.45, 7) is 14.7. The summed E-state index contributed by atoms with van der Waals surface area (Å²) < 4.78 is 5.41. The van der Waals surface area contributed by atoms with Crippen molar-refractivity contribution >= 4 is 5.96 Å². The molecule has 0 radical (unpaired) electrons. The number of hydrogen-bond acceptors (Lipinski definition) is 3. The molecule has 1 rings (SSSR count). The van der Waals surface area contributed by atoms with Gasteiger partial charge in [-0.15, -0.1) is 0 Å². The molecular weight excluding hydrogens is 264 g/mol. The molecular formula is C16H34N4O. The second-order valence-corrected chi connectivity index (χ2v) is 6.65. The topological polar surface area (TPSA) is 48.9 Å². The number of ether oxygens (including phenoxy) is 1. The zero-order valence-electron chi connectivity index (χ0n) is 14.5. The molecule has 1 saturated heterocycles. The summed E-state index contributed by atoms with van der Waals surface area (Å²) in [7, 11) is 1.73. The molecule has 0 aromatic carbocycles. The van der Waals surface area contributed by atoms with Gasteiger partial charge in [0, 0.05) is 26.7 Å². The normalized spacial score (nSPS) is 18.8. The Morgan fingerprint density at radius 1 is 1.29 bits per heavy atom. The number of hydrogen-bond donors (Lipinski definition) is 2. The van der Waals surface area contributed by atoms with Crippen LogP contribution in [0.1, 0.15) is 40.5 Å². The molecule has 1 fully saturated rings. The highest BCUT2D eigenvalue weighted by Crippen LogP contribution is 2.10. The lowest BCUT2D eigenvalue weighted by Crippen LogP contribution is -2.42. The van der Waals surface area contributed by atoms with E-state index < -0.39 is 0 Å². The van der Waals surface area contributed by atoms with Crippen LogP contribution in [-0.2, 0) is 4.74 Å². The number of guanidine groups is 1. The van der Waals surface area contributed by atoms with Crippen LogP contribution < -0.4 is 10.6 Å². The van der Waals surface area contributed by atoms with Gasteiger partial charge in [0.25, 0.3) is 0 Å². The molecule has 1 atom stereocenters. The lowest BCUT2D eigenvalue weighted by atomic mass is 10.1. The van der Waals surface area contributed by atoms with Crippen molar-refractivity contribution in [2.75, 3.05) is 46.4 Å². The molecule has 0 spiro atoms. The van der Waals surface area contributed by atoms with E-state index in [-0.39, 0.29) is 5.60 Å². The van der Waals surface area contributed by atoms with E-state index >= 15 is 0 Å². The van der Waals surface area contributed by atoms with Crippen molar-refractivity contribution in [1.82, 2.24) is 15.5 Å². The first-order chi connectivity index (χ1) is 9.96. The van der Waals surface area contributed by atoms with Crippen LogP contribution in [0.5, 0.6) is 0 Å². The van der Waals surface area contributed by atoms with Gasteiger partial charge in [-0.25, -0.2) is 0 Å². The number of methoxy groups -OCH3 is 1. The fraction of sp³-hybridized carbons (Fsp3) is 0.938. The van der Waals surface area contributed by atoms with Crippen LogP contribution in [-0.4, -0.2) is 62.8 Å². The summed E-state index contributed by atoms with van der Waals surface area (Å²) in [5, 5.41) is 6.75. The lowest BCUT2D eigenvalue weighted by molar-refractivity contribution is 0.0310. The van der Waals surface area contributed by atoms with Crippen molar-refractivity contribution < 1.29 is 4.74 Å². The third kappa shape index (κ3) is 7.67. The van der Waals surface area contributed by atoms with E-state index in [2.05, 4.69) is 48.2 Å².